The van der Waals surface area contributed by atoms with Gasteiger partial charge < -0.3 is 10.1 Å². The second-order valence-corrected chi connectivity index (χ2v) is 10.2. The largest absolute Gasteiger partial charge is 0.458 e. The number of carbonyl (C=O) groups excluding carboxylic acids is 2. The lowest BCUT2D eigenvalue weighted by Crippen LogP contribution is -2.26. The molecule has 1 aliphatic rings. The number of thiazole rings is 1. The van der Waals surface area contributed by atoms with E-state index in [0.29, 0.717) is 16.3 Å². The minimum absolute atomic E-state index is 0.0771. The summed E-state index contributed by atoms with van der Waals surface area (Å²) in [4.78, 5) is 33.4. The van der Waals surface area contributed by atoms with Crippen LogP contribution in [0.2, 0.25) is 0 Å². The van der Waals surface area contributed by atoms with Crippen LogP contribution in [0.1, 0.15) is 28.8 Å². The highest BCUT2D eigenvalue weighted by atomic mass is 32.2. The third-order valence-electron chi connectivity index (χ3n) is 5.02. The number of hydrogen-bond donors (Lipinski definition) is 2. The summed E-state index contributed by atoms with van der Waals surface area (Å²) in [5, 5.41) is 5.18. The molecule has 11 heteroatoms. The Labute approximate surface area is 201 Å². The molecule has 2 N–H and O–H groups in total. The van der Waals surface area contributed by atoms with Crippen molar-refractivity contribution >= 4 is 44.8 Å². The number of para-hydroxylation sites is 1. The van der Waals surface area contributed by atoms with Gasteiger partial charge in [0.1, 0.15) is 23.5 Å². The molecular weight excluding hydrogens is 476 g/mol. The summed E-state index contributed by atoms with van der Waals surface area (Å²) >= 11 is 1.30. The maximum absolute atomic E-state index is 12.4. The molecule has 0 fully saturated rings. The number of fused-ring (bicyclic) bond motifs is 1. The first kappa shape index (κ1) is 23.6. The van der Waals surface area contributed by atoms with Gasteiger partial charge in [-0.05, 0) is 37.6 Å². The fourth-order valence-electron chi connectivity index (χ4n) is 3.28. The first-order chi connectivity index (χ1) is 16.2. The highest BCUT2D eigenvalue weighted by molar-refractivity contribution is 7.90. The van der Waals surface area contributed by atoms with Crippen LogP contribution in [0, 0.1) is 6.92 Å². The molecule has 2 heterocycles. The molecule has 1 atom stereocenters. The van der Waals surface area contributed by atoms with Crippen molar-refractivity contribution in [3.8, 4) is 0 Å². The summed E-state index contributed by atoms with van der Waals surface area (Å²) < 4.78 is 32.0. The van der Waals surface area contributed by atoms with Gasteiger partial charge in [0.15, 0.2) is 0 Å². The molecule has 3 aromatic rings. The van der Waals surface area contributed by atoms with Crippen molar-refractivity contribution in [3.63, 3.8) is 0 Å². The van der Waals surface area contributed by atoms with E-state index in [9.17, 15) is 18.0 Å². The van der Waals surface area contributed by atoms with Crippen LogP contribution in [0.3, 0.4) is 0 Å². The summed E-state index contributed by atoms with van der Waals surface area (Å²) in [6.45, 7) is 3.36. The molecule has 0 aliphatic carbocycles. The number of amidine groups is 1. The molecule has 176 valence electrons. The quantitative estimate of drug-likeness (QED) is 0.483. The Bertz CT molecular complexity index is 1380. The van der Waals surface area contributed by atoms with Crippen molar-refractivity contribution in [2.45, 2.75) is 37.8 Å². The summed E-state index contributed by atoms with van der Waals surface area (Å²) in [6.07, 6.45) is 0.108. The van der Waals surface area contributed by atoms with Gasteiger partial charge in [-0.15, -0.1) is 11.3 Å². The molecule has 0 saturated heterocycles. The standard InChI is InChI=1S/C23H22N4O5S2/c1-14-7-3-5-9-18(14)26-20(28)11-21-25-16(13-33-21)12-32-23(29)15(2)24-22-17-8-4-6-10-19(17)34(30,31)27-22/h3-10,13,15H,11-12H2,1-2H3,(H,24,27)(H,26,28)/t15-/m0/s1. The maximum Gasteiger partial charge on any atom is 0.331 e. The van der Waals surface area contributed by atoms with Crippen molar-refractivity contribution in [3.05, 3.63) is 75.7 Å². The van der Waals surface area contributed by atoms with E-state index >= 15 is 0 Å². The Kier molecular flexibility index (Phi) is 6.75. The van der Waals surface area contributed by atoms with E-state index in [0.717, 1.165) is 11.3 Å². The topological polar surface area (TPSA) is 127 Å². The zero-order chi connectivity index (χ0) is 24.3. The van der Waals surface area contributed by atoms with Crippen molar-refractivity contribution in [2.75, 3.05) is 5.32 Å². The number of carbonyl (C=O) groups is 2. The molecule has 0 unspecified atom stereocenters. The molecular formula is C23H22N4O5S2. The highest BCUT2D eigenvalue weighted by Gasteiger charge is 2.31. The summed E-state index contributed by atoms with van der Waals surface area (Å²) in [7, 11) is -3.69. The van der Waals surface area contributed by atoms with Crippen molar-refractivity contribution in [1.29, 1.82) is 0 Å². The number of amides is 1. The number of ether oxygens (including phenoxy) is 1. The first-order valence-electron chi connectivity index (χ1n) is 10.4. The zero-order valence-electron chi connectivity index (χ0n) is 18.4. The molecule has 2 aromatic carbocycles. The van der Waals surface area contributed by atoms with Crippen molar-refractivity contribution in [2.24, 2.45) is 4.99 Å². The lowest BCUT2D eigenvalue weighted by Gasteiger charge is -2.08. The van der Waals surface area contributed by atoms with Crippen LogP contribution in [0.4, 0.5) is 5.69 Å². The van der Waals surface area contributed by atoms with Gasteiger partial charge in [0.25, 0.3) is 10.0 Å². The zero-order valence-corrected chi connectivity index (χ0v) is 20.1. The van der Waals surface area contributed by atoms with E-state index in [1.807, 2.05) is 31.2 Å². The van der Waals surface area contributed by atoms with E-state index < -0.39 is 22.0 Å². The molecule has 9 nitrogen and oxygen atoms in total. The molecule has 4 rings (SSSR count). The van der Waals surface area contributed by atoms with Gasteiger partial charge in [0, 0.05) is 16.6 Å². The van der Waals surface area contributed by atoms with Crippen LogP contribution in [0.15, 0.2) is 63.8 Å². The van der Waals surface area contributed by atoms with Crippen LogP contribution >= 0.6 is 11.3 Å². The molecule has 1 aliphatic heterocycles. The van der Waals surface area contributed by atoms with Crippen LogP contribution in [-0.2, 0) is 37.4 Å². The normalized spacial score (nSPS) is 15.9. The Balaban J connectivity index is 1.32. The highest BCUT2D eigenvalue weighted by Crippen LogP contribution is 2.23. The minimum atomic E-state index is -3.69. The van der Waals surface area contributed by atoms with Crippen LogP contribution in [-0.4, -0.2) is 37.2 Å². The number of nitrogens with one attached hydrogen (secondary N) is 2. The Hall–Kier alpha value is -3.57. The number of rotatable bonds is 7. The number of nitrogens with zero attached hydrogens (tertiary/aromatic N) is 2. The van der Waals surface area contributed by atoms with Crippen LogP contribution < -0.4 is 10.0 Å². The predicted molar refractivity (Wildman–Crippen MR) is 128 cm³/mol. The lowest BCUT2D eigenvalue weighted by molar-refractivity contribution is -0.146. The first-order valence-corrected chi connectivity index (χ1v) is 12.7. The van der Waals surface area contributed by atoms with E-state index in [2.05, 4.69) is 20.0 Å². The minimum Gasteiger partial charge on any atom is -0.458 e. The molecule has 0 spiro atoms. The second-order valence-electron chi connectivity index (χ2n) is 7.64. The van der Waals surface area contributed by atoms with Gasteiger partial charge in [-0.3, -0.25) is 14.5 Å². The summed E-state index contributed by atoms with van der Waals surface area (Å²) in [5.74, 6) is -0.700. The van der Waals surface area contributed by atoms with E-state index in [4.69, 9.17) is 4.74 Å². The average Bonchev–Trinajstić information content (AvgIpc) is 3.35. The third kappa shape index (κ3) is 5.32. The number of sulfonamides is 1. The molecule has 34 heavy (non-hydrogen) atoms. The Morgan fingerprint density at radius 3 is 2.71 bits per heavy atom. The molecule has 0 bridgehead atoms. The SMILES string of the molecule is Cc1ccccc1NC(=O)Cc1nc(COC(=O)[C@H](C)N=C2NS(=O)(=O)c3ccccc32)cs1. The number of benzene rings is 2. The summed E-state index contributed by atoms with van der Waals surface area (Å²) in [5.41, 5.74) is 2.65. The average molecular weight is 499 g/mol. The van der Waals surface area contributed by atoms with Crippen LogP contribution in [0.5, 0.6) is 0 Å². The van der Waals surface area contributed by atoms with E-state index in [-0.39, 0.29) is 29.7 Å². The Morgan fingerprint density at radius 2 is 1.91 bits per heavy atom. The van der Waals surface area contributed by atoms with Gasteiger partial charge in [0.05, 0.1) is 17.0 Å². The van der Waals surface area contributed by atoms with Crippen molar-refractivity contribution in [1.82, 2.24) is 9.71 Å². The van der Waals surface area contributed by atoms with E-state index in [1.165, 1.54) is 24.3 Å². The molecule has 1 amide bonds. The van der Waals surface area contributed by atoms with Gasteiger partial charge in [-0.25, -0.2) is 18.2 Å². The van der Waals surface area contributed by atoms with Crippen molar-refractivity contribution < 1.29 is 22.7 Å². The predicted octanol–water partition coefficient (Wildman–Crippen LogP) is 2.80. The summed E-state index contributed by atoms with van der Waals surface area (Å²) in [6, 6.07) is 13.0. The fourth-order valence-corrected chi connectivity index (χ4v) is 5.30. The molecule has 0 radical (unpaired) electrons. The van der Waals surface area contributed by atoms with Gasteiger partial charge in [0.2, 0.25) is 5.91 Å². The Morgan fingerprint density at radius 1 is 1.18 bits per heavy atom. The second kappa shape index (κ2) is 9.74. The fraction of sp³-hybridized carbons (Fsp3) is 0.217. The van der Waals surface area contributed by atoms with Gasteiger partial charge in [-0.2, -0.15) is 0 Å². The number of aryl methyl sites for hydroxylation is 1. The number of hydrogen-bond acceptors (Lipinski definition) is 8. The monoisotopic (exact) mass is 498 g/mol. The smallest absolute Gasteiger partial charge is 0.331 e. The van der Waals surface area contributed by atoms with Gasteiger partial charge >= 0.3 is 5.97 Å². The number of aromatic nitrogens is 1. The van der Waals surface area contributed by atoms with E-state index in [1.54, 1.807) is 23.6 Å². The maximum atomic E-state index is 12.4. The van der Waals surface area contributed by atoms with Gasteiger partial charge in [-0.1, -0.05) is 30.3 Å². The number of aliphatic imine (C=N–C) groups is 1. The molecule has 0 saturated carbocycles. The number of anilines is 1. The number of esters is 1. The molecule has 1 aromatic heterocycles. The third-order valence-corrected chi connectivity index (χ3v) is 7.31. The van der Waals surface area contributed by atoms with Crippen LogP contribution in [0.25, 0.3) is 0 Å². The lowest BCUT2D eigenvalue weighted by atomic mass is 10.2.